The number of carbonyl (C=O) groups is 1. The van der Waals surface area contributed by atoms with E-state index in [9.17, 15) is 4.79 Å². The van der Waals surface area contributed by atoms with Gasteiger partial charge >= 0.3 is 0 Å². The number of hydrogen-bond donors (Lipinski definition) is 0. The molecule has 2 saturated heterocycles. The van der Waals surface area contributed by atoms with Crippen LogP contribution in [-0.2, 0) is 17.6 Å². The van der Waals surface area contributed by atoms with Gasteiger partial charge in [0, 0.05) is 45.2 Å². The van der Waals surface area contributed by atoms with Crippen molar-refractivity contribution in [3.8, 4) is 0 Å². The van der Waals surface area contributed by atoms with Gasteiger partial charge in [-0.15, -0.1) is 5.10 Å². The molecule has 2 aliphatic heterocycles. The lowest BCUT2D eigenvalue weighted by atomic mass is 10.1. The summed E-state index contributed by atoms with van der Waals surface area (Å²) in [7, 11) is 2.18. The van der Waals surface area contributed by atoms with E-state index in [0.29, 0.717) is 11.9 Å². The molecule has 0 atom stereocenters. The smallest absolute Gasteiger partial charge is 0.222 e. The van der Waals surface area contributed by atoms with Crippen molar-refractivity contribution < 1.29 is 4.79 Å². The van der Waals surface area contributed by atoms with E-state index in [1.807, 2.05) is 0 Å². The zero-order valence-electron chi connectivity index (χ0n) is 15.3. The Balaban J connectivity index is 1.25. The average molecular weight is 343 g/mol. The molecule has 6 nitrogen and oxygen atoms in total. The molecule has 0 aromatic carbocycles. The molecule has 2 fully saturated rings. The Morgan fingerprint density at radius 2 is 2.00 bits per heavy atom. The van der Waals surface area contributed by atoms with E-state index in [0.717, 1.165) is 70.6 Å². The van der Waals surface area contributed by atoms with E-state index in [-0.39, 0.29) is 0 Å². The number of nitrogens with zero attached hydrogens (tertiary/aromatic N) is 5. The summed E-state index contributed by atoms with van der Waals surface area (Å²) >= 11 is 0. The SMILES string of the molecule is CN(CCN1CCCCCC1=O)C1CN(c2cc3c(nn2)CCC3)C1. The Bertz CT molecular complexity index is 628. The van der Waals surface area contributed by atoms with Crippen LogP contribution in [0.25, 0.3) is 0 Å². The van der Waals surface area contributed by atoms with Crippen molar-refractivity contribution in [2.45, 2.75) is 51.0 Å². The van der Waals surface area contributed by atoms with E-state index in [2.05, 4.69) is 38.0 Å². The summed E-state index contributed by atoms with van der Waals surface area (Å²) in [6, 6.07) is 2.79. The van der Waals surface area contributed by atoms with Gasteiger partial charge in [0.15, 0.2) is 5.82 Å². The highest BCUT2D eigenvalue weighted by molar-refractivity contribution is 5.76. The van der Waals surface area contributed by atoms with Crippen molar-refractivity contribution in [3.63, 3.8) is 0 Å². The fraction of sp³-hybridized carbons (Fsp3) is 0.737. The Kier molecular flexibility index (Phi) is 4.88. The number of aromatic nitrogens is 2. The first-order valence-electron chi connectivity index (χ1n) is 9.79. The first-order chi connectivity index (χ1) is 12.2. The third kappa shape index (κ3) is 3.64. The van der Waals surface area contributed by atoms with Gasteiger partial charge in [0.2, 0.25) is 5.91 Å². The standard InChI is InChI=1S/C19H29N5O/c1-22(10-11-23-9-4-2-3-8-19(23)25)16-13-24(14-16)18-12-15-6-5-7-17(15)20-21-18/h12,16H,2-11,13-14H2,1H3. The lowest BCUT2D eigenvalue weighted by Crippen LogP contribution is -2.59. The molecule has 0 N–H and O–H groups in total. The van der Waals surface area contributed by atoms with Crippen LogP contribution in [0.5, 0.6) is 0 Å². The number of fused-ring (bicyclic) bond motifs is 1. The summed E-state index contributed by atoms with van der Waals surface area (Å²) in [5.41, 5.74) is 2.58. The molecule has 6 heteroatoms. The Morgan fingerprint density at radius 3 is 2.88 bits per heavy atom. The molecule has 1 aromatic heterocycles. The highest BCUT2D eigenvalue weighted by Gasteiger charge is 2.32. The van der Waals surface area contributed by atoms with E-state index in [4.69, 9.17) is 0 Å². The molecule has 0 spiro atoms. The first kappa shape index (κ1) is 16.8. The third-order valence-electron chi connectivity index (χ3n) is 6.01. The van der Waals surface area contributed by atoms with Crippen LogP contribution < -0.4 is 4.90 Å². The molecule has 1 aliphatic carbocycles. The lowest BCUT2D eigenvalue weighted by molar-refractivity contribution is -0.130. The predicted molar refractivity (Wildman–Crippen MR) is 97.7 cm³/mol. The van der Waals surface area contributed by atoms with Crippen LogP contribution >= 0.6 is 0 Å². The van der Waals surface area contributed by atoms with Gasteiger partial charge in [0.05, 0.1) is 5.69 Å². The largest absolute Gasteiger partial charge is 0.352 e. The minimum absolute atomic E-state index is 0.342. The van der Waals surface area contributed by atoms with Gasteiger partial charge in [0.25, 0.3) is 0 Å². The summed E-state index contributed by atoms with van der Waals surface area (Å²) in [4.78, 5) is 18.9. The molecule has 0 bridgehead atoms. The van der Waals surface area contributed by atoms with Crippen LogP contribution in [0.2, 0.25) is 0 Å². The normalized spacial score (nSPS) is 21.4. The lowest BCUT2D eigenvalue weighted by Gasteiger charge is -2.45. The van der Waals surface area contributed by atoms with Crippen molar-refractivity contribution in [1.82, 2.24) is 20.0 Å². The molecular formula is C19H29N5O. The van der Waals surface area contributed by atoms with E-state index < -0.39 is 0 Å². The Labute approximate surface area is 150 Å². The second kappa shape index (κ2) is 7.28. The summed E-state index contributed by atoms with van der Waals surface area (Å²) < 4.78 is 0. The maximum Gasteiger partial charge on any atom is 0.222 e. The van der Waals surface area contributed by atoms with E-state index >= 15 is 0 Å². The van der Waals surface area contributed by atoms with Crippen LogP contribution in [0, 0.1) is 0 Å². The molecular weight excluding hydrogens is 314 g/mol. The fourth-order valence-electron chi connectivity index (χ4n) is 4.13. The Morgan fingerprint density at radius 1 is 1.12 bits per heavy atom. The van der Waals surface area contributed by atoms with E-state index in [1.54, 1.807) is 0 Å². The molecule has 0 radical (unpaired) electrons. The maximum absolute atomic E-state index is 12.1. The number of hydrogen-bond acceptors (Lipinski definition) is 5. The molecule has 1 aromatic rings. The van der Waals surface area contributed by atoms with Crippen molar-refractivity contribution in [3.05, 3.63) is 17.3 Å². The van der Waals surface area contributed by atoms with Gasteiger partial charge in [-0.05, 0) is 50.8 Å². The molecule has 25 heavy (non-hydrogen) atoms. The van der Waals surface area contributed by atoms with Gasteiger partial charge in [-0.3, -0.25) is 9.69 Å². The van der Waals surface area contributed by atoms with Crippen molar-refractivity contribution >= 4 is 11.7 Å². The summed E-state index contributed by atoms with van der Waals surface area (Å²) in [5.74, 6) is 1.38. The highest BCUT2D eigenvalue weighted by atomic mass is 16.2. The molecule has 3 heterocycles. The van der Waals surface area contributed by atoms with Gasteiger partial charge in [-0.1, -0.05) is 6.42 Å². The quantitative estimate of drug-likeness (QED) is 0.811. The van der Waals surface area contributed by atoms with Gasteiger partial charge in [0.1, 0.15) is 0 Å². The number of rotatable bonds is 5. The van der Waals surface area contributed by atoms with Gasteiger partial charge in [-0.2, -0.15) is 5.10 Å². The van der Waals surface area contributed by atoms with Gasteiger partial charge < -0.3 is 9.80 Å². The second-order valence-corrected chi connectivity index (χ2v) is 7.76. The zero-order chi connectivity index (χ0) is 17.2. The van der Waals surface area contributed by atoms with Crippen LogP contribution in [-0.4, -0.2) is 71.7 Å². The summed E-state index contributed by atoms with van der Waals surface area (Å²) in [6.45, 7) is 4.79. The van der Waals surface area contributed by atoms with Crippen molar-refractivity contribution in [1.29, 1.82) is 0 Å². The number of amides is 1. The predicted octanol–water partition coefficient (Wildman–Crippen LogP) is 1.49. The van der Waals surface area contributed by atoms with Crippen molar-refractivity contribution in [2.24, 2.45) is 0 Å². The summed E-state index contributed by atoms with van der Waals surface area (Å²) in [5, 5.41) is 8.81. The van der Waals surface area contributed by atoms with Crippen LogP contribution in [0.4, 0.5) is 5.82 Å². The average Bonchev–Trinajstić information content (AvgIpc) is 2.93. The summed E-state index contributed by atoms with van der Waals surface area (Å²) in [6.07, 6.45) is 7.60. The van der Waals surface area contributed by atoms with Crippen LogP contribution in [0.3, 0.4) is 0 Å². The molecule has 0 saturated carbocycles. The Hall–Kier alpha value is -1.69. The second-order valence-electron chi connectivity index (χ2n) is 7.76. The monoisotopic (exact) mass is 343 g/mol. The van der Waals surface area contributed by atoms with Crippen LogP contribution in [0.15, 0.2) is 6.07 Å². The van der Waals surface area contributed by atoms with Gasteiger partial charge in [-0.25, -0.2) is 0 Å². The molecule has 1 amide bonds. The molecule has 3 aliphatic rings. The topological polar surface area (TPSA) is 52.6 Å². The van der Waals surface area contributed by atoms with Crippen molar-refractivity contribution in [2.75, 3.05) is 44.7 Å². The number of anilines is 1. The number of likely N-dealkylation sites (N-methyl/N-ethyl adjacent to an activating group) is 1. The zero-order valence-corrected chi connectivity index (χ0v) is 15.3. The fourth-order valence-corrected chi connectivity index (χ4v) is 4.13. The van der Waals surface area contributed by atoms with Crippen LogP contribution in [0.1, 0.15) is 43.4 Å². The number of aryl methyl sites for hydroxylation is 2. The third-order valence-corrected chi connectivity index (χ3v) is 6.01. The maximum atomic E-state index is 12.1. The number of likely N-dealkylation sites (tertiary alicyclic amines) is 1. The number of carbonyl (C=O) groups excluding carboxylic acids is 1. The molecule has 0 unspecified atom stereocenters. The van der Waals surface area contributed by atoms with E-state index in [1.165, 1.54) is 24.1 Å². The highest BCUT2D eigenvalue weighted by Crippen LogP contribution is 2.26. The minimum Gasteiger partial charge on any atom is -0.352 e. The minimum atomic E-state index is 0.342. The first-order valence-corrected chi connectivity index (χ1v) is 9.79. The molecule has 4 rings (SSSR count). The molecule has 136 valence electrons.